The summed E-state index contributed by atoms with van der Waals surface area (Å²) in [5.74, 6) is 0.361. The third kappa shape index (κ3) is 5.62. The van der Waals surface area contributed by atoms with E-state index in [1.807, 2.05) is 13.0 Å². The van der Waals surface area contributed by atoms with Gasteiger partial charge in [0.2, 0.25) is 0 Å². The van der Waals surface area contributed by atoms with Gasteiger partial charge in [-0.25, -0.2) is 4.68 Å². The maximum atomic E-state index is 12.6. The molecule has 1 amide bonds. The van der Waals surface area contributed by atoms with Crippen LogP contribution in [0.1, 0.15) is 21.7 Å². The van der Waals surface area contributed by atoms with Crippen molar-refractivity contribution in [2.24, 2.45) is 0 Å². The topological polar surface area (TPSA) is 74.0 Å². The number of ether oxygens (including phenoxy) is 1. The molecule has 1 N–H and O–H groups in total. The highest BCUT2D eigenvalue weighted by Gasteiger charge is 2.14. The summed E-state index contributed by atoms with van der Waals surface area (Å²) in [7, 11) is 0. The van der Waals surface area contributed by atoms with Gasteiger partial charge in [-0.3, -0.25) is 9.48 Å². The highest BCUT2D eigenvalue weighted by Crippen LogP contribution is 2.32. The fourth-order valence-electron chi connectivity index (χ4n) is 3.03. The molecule has 0 radical (unpaired) electrons. The SMILES string of the molecule is Cc1cc(NC(=O)c2ccn(COc3c(Cl)cccc3Cl)n2)nn1Cc1ccc(Cl)c(Cl)c1. The molecule has 0 atom stereocenters. The van der Waals surface area contributed by atoms with Gasteiger partial charge in [0.1, 0.15) is 0 Å². The van der Waals surface area contributed by atoms with Crippen molar-refractivity contribution in [2.75, 3.05) is 5.32 Å². The fourth-order valence-corrected chi connectivity index (χ4v) is 3.86. The Bertz CT molecular complexity index is 1300. The summed E-state index contributed by atoms with van der Waals surface area (Å²) >= 11 is 24.3. The predicted molar refractivity (Wildman–Crippen MR) is 130 cm³/mol. The van der Waals surface area contributed by atoms with Gasteiger partial charge in [0.25, 0.3) is 5.91 Å². The Hall–Kier alpha value is -2.71. The van der Waals surface area contributed by atoms with E-state index in [1.165, 1.54) is 4.68 Å². The van der Waals surface area contributed by atoms with Crippen molar-refractivity contribution < 1.29 is 9.53 Å². The highest BCUT2D eigenvalue weighted by molar-refractivity contribution is 6.42. The standard InChI is InChI=1S/C22H17Cl4N5O2/c1-13-9-20(29-31(13)11-14-5-6-15(23)18(26)10-14)27-22(32)19-7-8-30(28-19)12-33-21-16(24)3-2-4-17(21)25/h2-10H,11-12H2,1H3,(H,27,29,32). The number of aromatic nitrogens is 4. The van der Waals surface area contributed by atoms with Gasteiger partial charge < -0.3 is 10.1 Å². The van der Waals surface area contributed by atoms with Crippen LogP contribution in [0.2, 0.25) is 20.1 Å². The molecule has 0 fully saturated rings. The number of nitrogens with zero attached hydrogens (tertiary/aromatic N) is 4. The molecule has 0 spiro atoms. The molecule has 4 rings (SSSR count). The number of aryl methyl sites for hydroxylation is 1. The molecule has 4 aromatic rings. The van der Waals surface area contributed by atoms with Crippen molar-refractivity contribution in [3.63, 3.8) is 0 Å². The second kappa shape index (κ2) is 10.1. The number of halogens is 4. The lowest BCUT2D eigenvalue weighted by molar-refractivity contribution is 0.101. The van der Waals surface area contributed by atoms with E-state index in [0.29, 0.717) is 38.2 Å². The largest absolute Gasteiger partial charge is 0.468 e. The zero-order chi connectivity index (χ0) is 23.5. The molecule has 0 aliphatic rings. The van der Waals surface area contributed by atoms with Gasteiger partial charge in [0.05, 0.1) is 26.6 Å². The molecule has 2 aromatic heterocycles. The van der Waals surface area contributed by atoms with E-state index in [4.69, 9.17) is 51.1 Å². The number of nitrogens with one attached hydrogen (secondary N) is 1. The van der Waals surface area contributed by atoms with Crippen molar-refractivity contribution in [2.45, 2.75) is 20.2 Å². The molecule has 0 unspecified atom stereocenters. The van der Waals surface area contributed by atoms with Crippen LogP contribution in [0, 0.1) is 6.92 Å². The van der Waals surface area contributed by atoms with Gasteiger partial charge in [-0.15, -0.1) is 0 Å². The molecule has 2 heterocycles. The summed E-state index contributed by atoms with van der Waals surface area (Å²) in [5, 5.41) is 13.2. The smallest absolute Gasteiger partial charge is 0.277 e. The van der Waals surface area contributed by atoms with Crippen LogP contribution >= 0.6 is 46.4 Å². The summed E-state index contributed by atoms with van der Waals surface area (Å²) in [6.07, 6.45) is 1.62. The molecule has 0 aliphatic heterocycles. The van der Waals surface area contributed by atoms with Crippen molar-refractivity contribution in [1.29, 1.82) is 0 Å². The zero-order valence-electron chi connectivity index (χ0n) is 17.2. The number of rotatable bonds is 7. The van der Waals surface area contributed by atoms with Gasteiger partial charge in [0, 0.05) is 18.0 Å². The molecule has 0 saturated carbocycles. The first-order valence-corrected chi connectivity index (χ1v) is 11.2. The van der Waals surface area contributed by atoms with Crippen LogP contribution in [0.4, 0.5) is 5.82 Å². The number of amides is 1. The predicted octanol–water partition coefficient (Wildman–Crippen LogP) is 6.34. The minimum absolute atomic E-state index is 0.0358. The van der Waals surface area contributed by atoms with Crippen molar-refractivity contribution >= 4 is 58.1 Å². The Morgan fingerprint density at radius 3 is 2.45 bits per heavy atom. The van der Waals surface area contributed by atoms with E-state index < -0.39 is 5.91 Å². The molecule has 0 bridgehead atoms. The highest BCUT2D eigenvalue weighted by atomic mass is 35.5. The molecule has 33 heavy (non-hydrogen) atoms. The number of hydrogen-bond donors (Lipinski definition) is 1. The van der Waals surface area contributed by atoms with Gasteiger partial charge >= 0.3 is 0 Å². The molecule has 7 nitrogen and oxygen atoms in total. The average molecular weight is 525 g/mol. The molecule has 0 aliphatic carbocycles. The minimum Gasteiger partial charge on any atom is -0.468 e. The maximum Gasteiger partial charge on any atom is 0.277 e. The Morgan fingerprint density at radius 1 is 0.970 bits per heavy atom. The van der Waals surface area contributed by atoms with Gasteiger partial charge in [-0.2, -0.15) is 10.2 Å². The summed E-state index contributed by atoms with van der Waals surface area (Å²) in [6, 6.07) is 13.8. The number of para-hydroxylation sites is 1. The van der Waals surface area contributed by atoms with Gasteiger partial charge in [-0.1, -0.05) is 58.5 Å². The molecular formula is C22H17Cl4N5O2. The van der Waals surface area contributed by atoms with E-state index in [2.05, 4.69) is 15.5 Å². The van der Waals surface area contributed by atoms with E-state index in [9.17, 15) is 4.79 Å². The first-order chi connectivity index (χ1) is 15.8. The summed E-state index contributed by atoms with van der Waals surface area (Å²) < 4.78 is 8.85. The third-order valence-electron chi connectivity index (χ3n) is 4.67. The number of carbonyl (C=O) groups is 1. The fraction of sp³-hybridized carbons (Fsp3) is 0.136. The van der Waals surface area contributed by atoms with Crippen LogP contribution < -0.4 is 10.1 Å². The van der Waals surface area contributed by atoms with Crippen molar-refractivity contribution in [1.82, 2.24) is 19.6 Å². The van der Waals surface area contributed by atoms with Crippen LogP contribution in [0.5, 0.6) is 5.75 Å². The van der Waals surface area contributed by atoms with E-state index in [0.717, 1.165) is 11.3 Å². The first kappa shape index (κ1) is 23.4. The Labute approximate surface area is 209 Å². The minimum atomic E-state index is -0.399. The van der Waals surface area contributed by atoms with Crippen LogP contribution in [0.25, 0.3) is 0 Å². The Kier molecular flexibility index (Phi) is 7.14. The quantitative estimate of drug-likeness (QED) is 0.306. The second-order valence-corrected chi connectivity index (χ2v) is 8.72. The zero-order valence-corrected chi connectivity index (χ0v) is 20.3. The lowest BCUT2D eigenvalue weighted by Gasteiger charge is -2.09. The van der Waals surface area contributed by atoms with Gasteiger partial charge in [-0.05, 0) is 42.8 Å². The molecular weight excluding hydrogens is 508 g/mol. The summed E-state index contributed by atoms with van der Waals surface area (Å²) in [4.78, 5) is 12.6. The first-order valence-electron chi connectivity index (χ1n) is 9.70. The molecule has 0 saturated heterocycles. The second-order valence-electron chi connectivity index (χ2n) is 7.10. The number of hydrogen-bond acceptors (Lipinski definition) is 4. The van der Waals surface area contributed by atoms with E-state index >= 15 is 0 Å². The lowest BCUT2D eigenvalue weighted by atomic mass is 10.2. The molecule has 2 aromatic carbocycles. The van der Waals surface area contributed by atoms with Gasteiger partial charge in [0.15, 0.2) is 24.0 Å². The number of carbonyl (C=O) groups excluding carboxylic acids is 1. The van der Waals surface area contributed by atoms with E-state index in [-0.39, 0.29) is 12.4 Å². The average Bonchev–Trinajstić information content (AvgIpc) is 3.37. The molecule has 11 heteroatoms. The van der Waals surface area contributed by atoms with Crippen LogP contribution in [0.15, 0.2) is 54.7 Å². The normalized spacial score (nSPS) is 10.9. The number of benzene rings is 2. The summed E-state index contributed by atoms with van der Waals surface area (Å²) in [5.41, 5.74) is 2.01. The maximum absolute atomic E-state index is 12.6. The monoisotopic (exact) mass is 523 g/mol. The van der Waals surface area contributed by atoms with Crippen molar-refractivity contribution in [3.05, 3.63) is 91.8 Å². The van der Waals surface area contributed by atoms with Crippen LogP contribution in [-0.4, -0.2) is 25.5 Å². The lowest BCUT2D eigenvalue weighted by Crippen LogP contribution is -2.15. The Morgan fingerprint density at radius 2 is 1.73 bits per heavy atom. The van der Waals surface area contributed by atoms with E-state index in [1.54, 1.807) is 53.3 Å². The molecule has 170 valence electrons. The van der Waals surface area contributed by atoms with Crippen LogP contribution in [0.3, 0.4) is 0 Å². The Balaban J connectivity index is 1.39. The summed E-state index contributed by atoms with van der Waals surface area (Å²) in [6.45, 7) is 2.41. The van der Waals surface area contributed by atoms with Crippen molar-refractivity contribution in [3.8, 4) is 5.75 Å². The third-order valence-corrected chi connectivity index (χ3v) is 6.01. The van der Waals surface area contributed by atoms with Crippen LogP contribution in [-0.2, 0) is 13.3 Å². The number of anilines is 1.